The molecule has 0 radical (unpaired) electrons. The summed E-state index contributed by atoms with van der Waals surface area (Å²) in [5, 5.41) is 3.23. The Morgan fingerprint density at radius 2 is 1.70 bits per heavy atom. The zero-order chi connectivity index (χ0) is 26.2. The van der Waals surface area contributed by atoms with Gasteiger partial charge in [-0.15, -0.1) is 0 Å². The Bertz CT molecular complexity index is 1590. The van der Waals surface area contributed by atoms with Crippen molar-refractivity contribution in [2.24, 2.45) is 0 Å². The van der Waals surface area contributed by atoms with E-state index >= 15 is 0 Å². The maximum Gasteiger partial charge on any atom is 0.268 e. The van der Waals surface area contributed by atoms with Crippen LogP contribution in [0.15, 0.2) is 83.0 Å². The normalized spacial score (nSPS) is 13.5. The van der Waals surface area contributed by atoms with Gasteiger partial charge >= 0.3 is 0 Å². The summed E-state index contributed by atoms with van der Waals surface area (Å²) in [6, 6.07) is 18.6. The molecule has 7 nitrogen and oxygen atoms in total. The molecule has 0 spiro atoms. The van der Waals surface area contributed by atoms with Crippen molar-refractivity contribution in [3.63, 3.8) is 0 Å². The lowest BCUT2D eigenvalue weighted by Gasteiger charge is -2.31. The number of fused-ring (bicyclic) bond motifs is 3. The monoisotopic (exact) mass is 534 g/mol. The molecular formula is C27H23FN4O3S2. The number of aryl methyl sites for hydroxylation is 2. The molecule has 188 valence electrons. The van der Waals surface area contributed by atoms with Crippen LogP contribution < -0.4 is 9.62 Å². The number of nitrogens with one attached hydrogen (secondary N) is 1. The van der Waals surface area contributed by atoms with E-state index in [0.29, 0.717) is 27.7 Å². The fourth-order valence-electron chi connectivity index (χ4n) is 4.19. The molecule has 0 saturated carbocycles. The summed E-state index contributed by atoms with van der Waals surface area (Å²) in [5.74, 6) is -0.531. The van der Waals surface area contributed by atoms with Crippen molar-refractivity contribution in [3.05, 3.63) is 95.4 Å². The van der Waals surface area contributed by atoms with E-state index in [-0.39, 0.29) is 23.1 Å². The van der Waals surface area contributed by atoms with E-state index in [2.05, 4.69) is 15.3 Å². The van der Waals surface area contributed by atoms with Gasteiger partial charge in [-0.3, -0.25) is 9.10 Å². The average molecular weight is 535 g/mol. The Labute approximate surface area is 218 Å². The van der Waals surface area contributed by atoms with Crippen molar-refractivity contribution in [3.8, 4) is 11.3 Å². The molecule has 0 fully saturated rings. The van der Waals surface area contributed by atoms with E-state index in [0.717, 1.165) is 28.6 Å². The average Bonchev–Trinajstić information content (AvgIpc) is 2.88. The molecule has 2 heterocycles. The number of carbonyl (C=O) groups excluding carboxylic acids is 1. The molecule has 0 aliphatic carbocycles. The van der Waals surface area contributed by atoms with E-state index in [1.54, 1.807) is 30.3 Å². The molecule has 1 N–H and O–H groups in total. The lowest BCUT2D eigenvalue weighted by molar-refractivity contribution is -0.113. The minimum absolute atomic E-state index is 0.0161. The van der Waals surface area contributed by atoms with Crippen molar-refractivity contribution in [2.75, 3.05) is 15.4 Å². The number of thioether (sulfide) groups is 1. The fraction of sp³-hybridized carbons (Fsp3) is 0.148. The van der Waals surface area contributed by atoms with Crippen LogP contribution in [0.25, 0.3) is 11.3 Å². The second-order valence-electron chi connectivity index (χ2n) is 8.62. The molecule has 5 rings (SSSR count). The minimum atomic E-state index is -3.98. The fourth-order valence-corrected chi connectivity index (χ4v) is 6.36. The van der Waals surface area contributed by atoms with Crippen LogP contribution in [0.1, 0.15) is 16.7 Å². The van der Waals surface area contributed by atoms with Gasteiger partial charge in [0.1, 0.15) is 10.7 Å². The molecule has 1 aliphatic heterocycles. The maximum absolute atomic E-state index is 13.6. The zero-order valence-electron chi connectivity index (χ0n) is 20.1. The standard InChI is InChI=1S/C27H23FN4O3S2/c1-17-6-5-7-18(2)25(17)30-24(33)16-36-27-29-14-23-26(31-27)21-8-3-4-9-22(21)32(37(23,34)35)15-19-10-12-20(28)13-11-19/h3-14H,15-16H2,1-2H3,(H,30,33). The van der Waals surface area contributed by atoms with E-state index in [1.165, 1.54) is 22.6 Å². The number of rotatable bonds is 6. The zero-order valence-corrected chi connectivity index (χ0v) is 21.7. The van der Waals surface area contributed by atoms with Crippen molar-refractivity contribution in [2.45, 2.75) is 30.4 Å². The number of anilines is 2. The molecule has 3 aromatic carbocycles. The number of hydrogen-bond acceptors (Lipinski definition) is 6. The molecule has 1 amide bonds. The quantitative estimate of drug-likeness (QED) is 0.265. The third-order valence-electron chi connectivity index (χ3n) is 6.05. The number of aromatic nitrogens is 2. The Balaban J connectivity index is 1.41. The highest BCUT2D eigenvalue weighted by atomic mass is 32.2. The van der Waals surface area contributed by atoms with Gasteiger partial charge in [0.05, 0.1) is 29.9 Å². The largest absolute Gasteiger partial charge is 0.325 e. The number of nitrogens with zero attached hydrogens (tertiary/aromatic N) is 3. The minimum Gasteiger partial charge on any atom is -0.325 e. The summed E-state index contributed by atoms with van der Waals surface area (Å²) < 4.78 is 41.8. The highest BCUT2D eigenvalue weighted by Crippen LogP contribution is 2.42. The molecule has 0 unspecified atom stereocenters. The number of sulfonamides is 1. The van der Waals surface area contributed by atoms with Crippen molar-refractivity contribution in [1.29, 1.82) is 0 Å². The Morgan fingerprint density at radius 1 is 1.00 bits per heavy atom. The molecule has 1 aliphatic rings. The van der Waals surface area contributed by atoms with Crippen LogP contribution in [0.2, 0.25) is 0 Å². The summed E-state index contributed by atoms with van der Waals surface area (Å²) in [6.45, 7) is 3.90. The first-order chi connectivity index (χ1) is 17.7. The molecule has 0 saturated heterocycles. The second-order valence-corrected chi connectivity index (χ2v) is 11.4. The van der Waals surface area contributed by atoms with Crippen LogP contribution in [0.4, 0.5) is 15.8 Å². The summed E-state index contributed by atoms with van der Waals surface area (Å²) >= 11 is 1.13. The SMILES string of the molecule is Cc1cccc(C)c1NC(=O)CSc1ncc2c(n1)-c1ccccc1N(Cc1ccc(F)cc1)S2(=O)=O. The van der Waals surface area contributed by atoms with E-state index in [4.69, 9.17) is 0 Å². The smallest absolute Gasteiger partial charge is 0.268 e. The first-order valence-electron chi connectivity index (χ1n) is 11.5. The molecule has 0 bridgehead atoms. The molecular weight excluding hydrogens is 511 g/mol. The summed E-state index contributed by atoms with van der Waals surface area (Å²) in [6.07, 6.45) is 1.29. The first-order valence-corrected chi connectivity index (χ1v) is 13.9. The number of carbonyl (C=O) groups is 1. The molecule has 10 heteroatoms. The molecule has 37 heavy (non-hydrogen) atoms. The number of amides is 1. The van der Waals surface area contributed by atoms with Crippen molar-refractivity contribution >= 4 is 39.1 Å². The third kappa shape index (κ3) is 4.94. The lowest BCUT2D eigenvalue weighted by Crippen LogP contribution is -2.34. The van der Waals surface area contributed by atoms with Gasteiger partial charge in [-0.25, -0.2) is 22.8 Å². The van der Waals surface area contributed by atoms with Gasteiger partial charge in [-0.05, 0) is 48.7 Å². The predicted octanol–water partition coefficient (Wildman–Crippen LogP) is 5.34. The number of hydrogen-bond donors (Lipinski definition) is 1. The van der Waals surface area contributed by atoms with Gasteiger partial charge in [-0.1, -0.05) is 60.3 Å². The van der Waals surface area contributed by atoms with E-state index in [1.807, 2.05) is 38.1 Å². The van der Waals surface area contributed by atoms with Crippen LogP contribution >= 0.6 is 11.8 Å². The Hall–Kier alpha value is -3.76. The topological polar surface area (TPSA) is 92.3 Å². The number of para-hydroxylation sites is 2. The van der Waals surface area contributed by atoms with Gasteiger partial charge < -0.3 is 5.32 Å². The highest BCUT2D eigenvalue weighted by Gasteiger charge is 2.36. The second kappa shape index (κ2) is 9.95. The highest BCUT2D eigenvalue weighted by molar-refractivity contribution is 7.99. The van der Waals surface area contributed by atoms with Crippen LogP contribution in [-0.2, 0) is 21.4 Å². The Kier molecular flexibility index (Phi) is 6.70. The Morgan fingerprint density at radius 3 is 2.43 bits per heavy atom. The molecule has 0 atom stereocenters. The third-order valence-corrected chi connectivity index (χ3v) is 8.67. The van der Waals surface area contributed by atoms with Gasteiger partial charge in [0, 0.05) is 11.3 Å². The van der Waals surface area contributed by atoms with Crippen LogP contribution in [0, 0.1) is 19.7 Å². The maximum atomic E-state index is 13.6. The number of halogens is 1. The first kappa shape index (κ1) is 24.9. The predicted molar refractivity (Wildman–Crippen MR) is 143 cm³/mol. The lowest BCUT2D eigenvalue weighted by atomic mass is 10.1. The van der Waals surface area contributed by atoms with Gasteiger partial charge in [0.25, 0.3) is 10.0 Å². The van der Waals surface area contributed by atoms with E-state index in [9.17, 15) is 17.6 Å². The summed E-state index contributed by atoms with van der Waals surface area (Å²) in [5.41, 5.74) is 4.76. The van der Waals surface area contributed by atoms with Crippen LogP contribution in [0.5, 0.6) is 0 Å². The van der Waals surface area contributed by atoms with Crippen LogP contribution in [0.3, 0.4) is 0 Å². The van der Waals surface area contributed by atoms with Gasteiger partial charge in [0.2, 0.25) is 5.91 Å². The number of benzene rings is 3. The molecule has 4 aromatic rings. The van der Waals surface area contributed by atoms with Crippen molar-refractivity contribution < 1.29 is 17.6 Å². The van der Waals surface area contributed by atoms with Gasteiger partial charge in [-0.2, -0.15) is 0 Å². The van der Waals surface area contributed by atoms with Crippen LogP contribution in [-0.4, -0.2) is 30.0 Å². The summed E-state index contributed by atoms with van der Waals surface area (Å²) in [4.78, 5) is 21.4. The van der Waals surface area contributed by atoms with E-state index < -0.39 is 15.8 Å². The van der Waals surface area contributed by atoms with Crippen molar-refractivity contribution in [1.82, 2.24) is 9.97 Å². The van der Waals surface area contributed by atoms with Gasteiger partial charge in [0.15, 0.2) is 5.16 Å². The summed E-state index contributed by atoms with van der Waals surface area (Å²) in [7, 11) is -3.98. The molecule has 1 aromatic heterocycles.